The average molecular weight is 325 g/mol. The Kier molecular flexibility index (Phi) is 4.73. The maximum atomic E-state index is 12.3. The molecule has 2 aliphatic heterocycles. The fraction of sp³-hybridized carbons (Fsp3) is 0.588. The third-order valence-electron chi connectivity index (χ3n) is 4.53. The second-order valence-corrected chi connectivity index (χ2v) is 7.21. The number of nitrogens with one attached hydrogen (secondary N) is 1. The summed E-state index contributed by atoms with van der Waals surface area (Å²) < 4.78 is 5.53. The number of carbonyl (C=O) groups excluding carboxylic acids is 1. The second kappa shape index (κ2) is 6.09. The van der Waals surface area contributed by atoms with Gasteiger partial charge in [0.1, 0.15) is 5.60 Å². The highest BCUT2D eigenvalue weighted by molar-refractivity contribution is 5.85. The van der Waals surface area contributed by atoms with Crippen molar-refractivity contribution in [2.75, 3.05) is 26.2 Å². The van der Waals surface area contributed by atoms with Crippen LogP contribution in [-0.2, 0) is 10.2 Å². The Labute approximate surface area is 138 Å². The van der Waals surface area contributed by atoms with Crippen LogP contribution in [0.5, 0.6) is 0 Å². The zero-order valence-electron chi connectivity index (χ0n) is 13.5. The van der Waals surface area contributed by atoms with Crippen molar-refractivity contribution in [2.24, 2.45) is 5.92 Å². The topological polar surface area (TPSA) is 41.6 Å². The van der Waals surface area contributed by atoms with Gasteiger partial charge in [0.25, 0.3) is 0 Å². The third kappa shape index (κ3) is 3.08. The quantitative estimate of drug-likeness (QED) is 0.863. The standard InChI is InChI=1S/C17H24N2O2.ClH/c1-16(2,3)21-15(20)19-10-14-9-18-11-17(14,12-19)13-7-5-4-6-8-13;/h4-8,14,18H,9-12H2,1-3H3;1H/t14-,17+;/m0./s1. The van der Waals surface area contributed by atoms with Gasteiger partial charge in [-0.2, -0.15) is 0 Å². The molecule has 2 heterocycles. The van der Waals surface area contributed by atoms with Crippen molar-refractivity contribution in [2.45, 2.75) is 31.8 Å². The SMILES string of the molecule is CC(C)(C)OC(=O)N1C[C@@H]2CNC[C@]2(c2ccccc2)C1.Cl. The van der Waals surface area contributed by atoms with Crippen LogP contribution in [0.2, 0.25) is 0 Å². The number of nitrogens with zero attached hydrogens (tertiary/aromatic N) is 1. The van der Waals surface area contributed by atoms with Crippen LogP contribution in [0.15, 0.2) is 30.3 Å². The number of hydrogen-bond acceptors (Lipinski definition) is 3. The molecule has 5 heteroatoms. The minimum Gasteiger partial charge on any atom is -0.444 e. The van der Waals surface area contributed by atoms with E-state index in [4.69, 9.17) is 4.74 Å². The van der Waals surface area contributed by atoms with Crippen molar-refractivity contribution >= 4 is 18.5 Å². The molecule has 2 saturated heterocycles. The molecule has 0 radical (unpaired) electrons. The van der Waals surface area contributed by atoms with Gasteiger partial charge in [-0.05, 0) is 26.3 Å². The summed E-state index contributed by atoms with van der Waals surface area (Å²) in [7, 11) is 0. The second-order valence-electron chi connectivity index (χ2n) is 7.21. The van der Waals surface area contributed by atoms with Crippen LogP contribution in [-0.4, -0.2) is 42.8 Å². The molecule has 1 aromatic rings. The summed E-state index contributed by atoms with van der Waals surface area (Å²) in [4.78, 5) is 14.2. The predicted molar refractivity (Wildman–Crippen MR) is 89.5 cm³/mol. The molecule has 1 N–H and O–H groups in total. The van der Waals surface area contributed by atoms with Crippen molar-refractivity contribution in [3.63, 3.8) is 0 Å². The number of hydrogen-bond donors (Lipinski definition) is 1. The number of fused-ring (bicyclic) bond motifs is 1. The number of likely N-dealkylation sites (tertiary alicyclic amines) is 1. The van der Waals surface area contributed by atoms with Gasteiger partial charge in [-0.15, -0.1) is 12.4 Å². The lowest BCUT2D eigenvalue weighted by molar-refractivity contribution is 0.0278. The molecule has 0 aliphatic carbocycles. The van der Waals surface area contributed by atoms with Crippen LogP contribution in [0, 0.1) is 5.92 Å². The molecule has 0 unspecified atom stereocenters. The highest BCUT2D eigenvalue weighted by Gasteiger charge is 2.52. The van der Waals surface area contributed by atoms with E-state index in [-0.39, 0.29) is 23.9 Å². The highest BCUT2D eigenvalue weighted by Crippen LogP contribution is 2.42. The number of halogens is 1. The Morgan fingerprint density at radius 3 is 2.64 bits per heavy atom. The van der Waals surface area contributed by atoms with E-state index in [1.54, 1.807) is 0 Å². The maximum absolute atomic E-state index is 12.3. The summed E-state index contributed by atoms with van der Waals surface area (Å²) in [5.74, 6) is 0.465. The minimum atomic E-state index is -0.438. The van der Waals surface area contributed by atoms with Gasteiger partial charge in [-0.3, -0.25) is 0 Å². The molecule has 4 nitrogen and oxygen atoms in total. The number of rotatable bonds is 1. The van der Waals surface area contributed by atoms with Crippen LogP contribution in [0.3, 0.4) is 0 Å². The number of amides is 1. The fourth-order valence-electron chi connectivity index (χ4n) is 3.57. The van der Waals surface area contributed by atoms with Crippen molar-refractivity contribution in [3.05, 3.63) is 35.9 Å². The molecule has 1 amide bonds. The zero-order valence-corrected chi connectivity index (χ0v) is 14.3. The van der Waals surface area contributed by atoms with E-state index in [2.05, 4.69) is 29.6 Å². The summed E-state index contributed by atoms with van der Waals surface area (Å²) in [5, 5.41) is 3.49. The van der Waals surface area contributed by atoms with E-state index < -0.39 is 5.60 Å². The lowest BCUT2D eigenvalue weighted by atomic mass is 9.75. The summed E-state index contributed by atoms with van der Waals surface area (Å²) in [5.41, 5.74) is 0.927. The van der Waals surface area contributed by atoms with Gasteiger partial charge in [0.2, 0.25) is 0 Å². The molecular formula is C17H25ClN2O2. The van der Waals surface area contributed by atoms with E-state index >= 15 is 0 Å². The van der Waals surface area contributed by atoms with Crippen LogP contribution >= 0.6 is 12.4 Å². The van der Waals surface area contributed by atoms with Gasteiger partial charge >= 0.3 is 6.09 Å². The molecule has 2 aliphatic rings. The van der Waals surface area contributed by atoms with E-state index in [0.717, 1.165) is 26.2 Å². The average Bonchev–Trinajstić information content (AvgIpc) is 2.95. The van der Waals surface area contributed by atoms with Crippen molar-refractivity contribution in [1.29, 1.82) is 0 Å². The highest BCUT2D eigenvalue weighted by atomic mass is 35.5. The van der Waals surface area contributed by atoms with Gasteiger partial charge in [-0.1, -0.05) is 30.3 Å². The first-order valence-corrected chi connectivity index (χ1v) is 7.65. The molecule has 2 fully saturated rings. The Balaban J connectivity index is 0.00000176. The lowest BCUT2D eigenvalue weighted by Crippen LogP contribution is -2.40. The van der Waals surface area contributed by atoms with Crippen LogP contribution < -0.4 is 5.32 Å². The van der Waals surface area contributed by atoms with E-state index in [9.17, 15) is 4.79 Å². The first-order valence-electron chi connectivity index (χ1n) is 7.65. The van der Waals surface area contributed by atoms with Crippen molar-refractivity contribution in [1.82, 2.24) is 10.2 Å². The van der Waals surface area contributed by atoms with Crippen molar-refractivity contribution < 1.29 is 9.53 Å². The lowest BCUT2D eigenvalue weighted by Gasteiger charge is -2.29. The number of benzene rings is 1. The smallest absolute Gasteiger partial charge is 0.410 e. The summed E-state index contributed by atoms with van der Waals surface area (Å²) in [6, 6.07) is 10.6. The first kappa shape index (κ1) is 17.1. The summed E-state index contributed by atoms with van der Waals surface area (Å²) in [6.07, 6.45) is -0.188. The molecule has 1 aromatic carbocycles. The Morgan fingerprint density at radius 1 is 1.32 bits per heavy atom. The number of ether oxygens (including phenoxy) is 1. The monoisotopic (exact) mass is 324 g/mol. The zero-order chi connectivity index (χ0) is 15.1. The fourth-order valence-corrected chi connectivity index (χ4v) is 3.57. The van der Waals surface area contributed by atoms with E-state index in [1.807, 2.05) is 31.7 Å². The molecular weight excluding hydrogens is 300 g/mol. The Hall–Kier alpha value is -1.26. The Morgan fingerprint density at radius 2 is 2.00 bits per heavy atom. The molecule has 0 aromatic heterocycles. The molecule has 122 valence electrons. The van der Waals surface area contributed by atoms with Gasteiger partial charge in [0.05, 0.1) is 0 Å². The van der Waals surface area contributed by atoms with Gasteiger partial charge in [0.15, 0.2) is 0 Å². The summed E-state index contributed by atoms with van der Waals surface area (Å²) in [6.45, 7) is 9.15. The van der Waals surface area contributed by atoms with Gasteiger partial charge < -0.3 is 15.0 Å². The minimum absolute atomic E-state index is 0. The maximum Gasteiger partial charge on any atom is 0.410 e. The predicted octanol–water partition coefficient (Wildman–Crippen LogP) is 2.82. The summed E-state index contributed by atoms with van der Waals surface area (Å²) >= 11 is 0. The van der Waals surface area contributed by atoms with E-state index in [0.29, 0.717) is 5.92 Å². The first-order chi connectivity index (χ1) is 9.91. The van der Waals surface area contributed by atoms with Crippen molar-refractivity contribution in [3.8, 4) is 0 Å². The van der Waals surface area contributed by atoms with Crippen LogP contribution in [0.25, 0.3) is 0 Å². The van der Waals surface area contributed by atoms with Crippen LogP contribution in [0.1, 0.15) is 26.3 Å². The molecule has 0 saturated carbocycles. The normalized spacial score (nSPS) is 27.2. The van der Waals surface area contributed by atoms with Gasteiger partial charge in [-0.25, -0.2) is 4.79 Å². The molecule has 2 atom stereocenters. The van der Waals surface area contributed by atoms with Crippen LogP contribution in [0.4, 0.5) is 4.79 Å². The third-order valence-corrected chi connectivity index (χ3v) is 4.53. The molecule has 3 rings (SSSR count). The largest absolute Gasteiger partial charge is 0.444 e. The molecule has 0 spiro atoms. The Bertz CT molecular complexity index is 529. The van der Waals surface area contributed by atoms with Gasteiger partial charge in [0, 0.05) is 37.5 Å². The number of carbonyl (C=O) groups is 1. The molecule has 0 bridgehead atoms. The van der Waals surface area contributed by atoms with E-state index in [1.165, 1.54) is 5.56 Å². The molecule has 22 heavy (non-hydrogen) atoms.